The highest BCUT2D eigenvalue weighted by molar-refractivity contribution is 5.62. The van der Waals surface area contributed by atoms with E-state index in [9.17, 15) is 8.78 Å². The average Bonchev–Trinajstić information content (AvgIpc) is 2.86. The lowest BCUT2D eigenvalue weighted by atomic mass is 10.1. The number of halogens is 2. The van der Waals surface area contributed by atoms with E-state index < -0.39 is 11.6 Å². The number of aromatic nitrogens is 2. The summed E-state index contributed by atoms with van der Waals surface area (Å²) in [6.45, 7) is 11.9. The zero-order chi connectivity index (χ0) is 25.1. The molecule has 2 saturated heterocycles. The fourth-order valence-corrected chi connectivity index (χ4v) is 5.05. The predicted octanol–water partition coefficient (Wildman–Crippen LogP) is 3.27. The van der Waals surface area contributed by atoms with Gasteiger partial charge in [-0.25, -0.2) is 18.7 Å². The fraction of sp³-hybridized carbons (Fsp3) is 0.615. The Morgan fingerprint density at radius 1 is 1.03 bits per heavy atom. The second-order valence-electron chi connectivity index (χ2n) is 10.1. The van der Waals surface area contributed by atoms with Gasteiger partial charge in [-0.15, -0.1) is 0 Å². The Morgan fingerprint density at radius 3 is 2.53 bits per heavy atom. The number of benzene rings is 1. The molecule has 0 amide bonds. The summed E-state index contributed by atoms with van der Waals surface area (Å²) < 4.78 is 38.6. The molecule has 8 nitrogen and oxygen atoms in total. The van der Waals surface area contributed by atoms with Gasteiger partial charge in [0, 0.05) is 70.6 Å². The van der Waals surface area contributed by atoms with Crippen molar-refractivity contribution in [2.75, 3.05) is 62.8 Å². The van der Waals surface area contributed by atoms with E-state index in [1.807, 2.05) is 0 Å². The molecule has 0 saturated carbocycles. The van der Waals surface area contributed by atoms with Crippen LogP contribution in [0.4, 0.5) is 20.4 Å². The largest absolute Gasteiger partial charge is 0.487 e. The third kappa shape index (κ3) is 6.04. The molecule has 0 unspecified atom stereocenters. The molecule has 1 aromatic carbocycles. The van der Waals surface area contributed by atoms with Gasteiger partial charge in [0.25, 0.3) is 0 Å². The Hall–Kier alpha value is -2.56. The molecule has 196 valence electrons. The highest BCUT2D eigenvalue weighted by Gasteiger charge is 2.28. The van der Waals surface area contributed by atoms with E-state index in [1.54, 1.807) is 0 Å². The van der Waals surface area contributed by atoms with E-state index >= 15 is 0 Å². The third-order valence-electron chi connectivity index (χ3n) is 6.93. The maximum atomic E-state index is 14.0. The number of hydrogen-bond acceptors (Lipinski definition) is 8. The van der Waals surface area contributed by atoms with Crippen molar-refractivity contribution < 1.29 is 18.3 Å². The quantitative estimate of drug-likeness (QED) is 0.619. The van der Waals surface area contributed by atoms with E-state index in [0.717, 1.165) is 108 Å². The van der Waals surface area contributed by atoms with Crippen LogP contribution in [0.3, 0.4) is 0 Å². The number of fused-ring (bicyclic) bond motifs is 1. The van der Waals surface area contributed by atoms with Crippen LogP contribution in [-0.4, -0.2) is 84.5 Å². The summed E-state index contributed by atoms with van der Waals surface area (Å²) in [6, 6.07) is 3.67. The molecule has 2 aromatic rings. The van der Waals surface area contributed by atoms with E-state index in [1.165, 1.54) is 12.1 Å². The predicted molar refractivity (Wildman–Crippen MR) is 134 cm³/mol. The van der Waals surface area contributed by atoms with Gasteiger partial charge >= 0.3 is 0 Å². The van der Waals surface area contributed by atoms with Crippen molar-refractivity contribution in [3.8, 4) is 5.75 Å². The maximum Gasteiger partial charge on any atom is 0.172 e. The highest BCUT2D eigenvalue weighted by atomic mass is 19.1. The van der Waals surface area contributed by atoms with Crippen LogP contribution in [0.25, 0.3) is 0 Å². The first-order valence-corrected chi connectivity index (χ1v) is 13.0. The third-order valence-corrected chi connectivity index (χ3v) is 6.93. The number of anilines is 2. The summed E-state index contributed by atoms with van der Waals surface area (Å²) in [4.78, 5) is 17.3. The highest BCUT2D eigenvalue weighted by Crippen LogP contribution is 2.30. The molecule has 36 heavy (non-hydrogen) atoms. The Bertz CT molecular complexity index is 1040. The van der Waals surface area contributed by atoms with Gasteiger partial charge in [0.15, 0.2) is 23.2 Å². The second-order valence-corrected chi connectivity index (χ2v) is 10.1. The summed E-state index contributed by atoms with van der Waals surface area (Å²) in [5.41, 5.74) is 2.12. The molecular weight excluding hydrogens is 466 g/mol. The lowest BCUT2D eigenvalue weighted by Gasteiger charge is -2.36. The first-order chi connectivity index (χ1) is 17.4. The molecule has 2 fully saturated rings. The molecule has 3 aliphatic heterocycles. The van der Waals surface area contributed by atoms with Gasteiger partial charge in [-0.3, -0.25) is 9.80 Å². The summed E-state index contributed by atoms with van der Waals surface area (Å²) in [6.07, 6.45) is 2.21. The van der Waals surface area contributed by atoms with Crippen LogP contribution in [0.5, 0.6) is 5.75 Å². The van der Waals surface area contributed by atoms with Crippen LogP contribution < -0.4 is 15.0 Å². The molecular formula is C26H36F2N6O2. The van der Waals surface area contributed by atoms with Gasteiger partial charge in [0.1, 0.15) is 11.9 Å². The Kier molecular flexibility index (Phi) is 7.83. The molecule has 1 aromatic heterocycles. The van der Waals surface area contributed by atoms with Gasteiger partial charge < -0.3 is 19.7 Å². The van der Waals surface area contributed by atoms with Crippen molar-refractivity contribution in [2.24, 2.45) is 0 Å². The van der Waals surface area contributed by atoms with Crippen molar-refractivity contribution in [1.82, 2.24) is 19.8 Å². The van der Waals surface area contributed by atoms with Gasteiger partial charge in [-0.1, -0.05) is 0 Å². The average molecular weight is 503 g/mol. The van der Waals surface area contributed by atoms with Crippen molar-refractivity contribution in [3.05, 3.63) is 41.2 Å². The zero-order valence-electron chi connectivity index (χ0n) is 21.2. The first kappa shape index (κ1) is 25.1. The molecule has 0 radical (unpaired) electrons. The summed E-state index contributed by atoms with van der Waals surface area (Å²) in [7, 11) is 0. The molecule has 3 aliphatic rings. The van der Waals surface area contributed by atoms with Crippen molar-refractivity contribution >= 4 is 11.6 Å². The van der Waals surface area contributed by atoms with Crippen molar-refractivity contribution in [3.63, 3.8) is 0 Å². The van der Waals surface area contributed by atoms with Crippen molar-refractivity contribution in [2.45, 2.75) is 51.8 Å². The van der Waals surface area contributed by atoms with Crippen LogP contribution >= 0.6 is 0 Å². The minimum atomic E-state index is -0.663. The monoisotopic (exact) mass is 502 g/mol. The van der Waals surface area contributed by atoms with Crippen molar-refractivity contribution in [1.29, 1.82) is 0 Å². The van der Waals surface area contributed by atoms with E-state index in [2.05, 4.69) is 33.9 Å². The maximum absolute atomic E-state index is 14.0. The molecule has 5 rings (SSSR count). The molecule has 0 bridgehead atoms. The normalized spacial score (nSPS) is 20.0. The molecule has 4 heterocycles. The van der Waals surface area contributed by atoms with Gasteiger partial charge in [-0.2, -0.15) is 0 Å². The summed E-state index contributed by atoms with van der Waals surface area (Å²) in [5, 5.41) is 3.50. The van der Waals surface area contributed by atoms with E-state index in [-0.39, 0.29) is 17.9 Å². The lowest BCUT2D eigenvalue weighted by Crippen LogP contribution is -2.46. The van der Waals surface area contributed by atoms with Gasteiger partial charge in [0.05, 0.1) is 31.3 Å². The number of nitrogens with zero attached hydrogens (tertiary/aromatic N) is 5. The topological polar surface area (TPSA) is 66.0 Å². The van der Waals surface area contributed by atoms with Crippen LogP contribution in [0.2, 0.25) is 0 Å². The molecule has 0 aliphatic carbocycles. The minimum absolute atomic E-state index is 0.104. The van der Waals surface area contributed by atoms with Crippen LogP contribution in [0.1, 0.15) is 38.1 Å². The molecule has 1 N–H and O–H groups in total. The number of piperidine rings is 1. The van der Waals surface area contributed by atoms with Gasteiger partial charge in [-0.05, 0) is 26.0 Å². The lowest BCUT2D eigenvalue weighted by molar-refractivity contribution is 0.00659. The van der Waals surface area contributed by atoms with Gasteiger partial charge in [0.2, 0.25) is 0 Å². The smallest absolute Gasteiger partial charge is 0.172 e. The zero-order valence-corrected chi connectivity index (χ0v) is 21.2. The summed E-state index contributed by atoms with van der Waals surface area (Å²) in [5.74, 6) is 0.544. The first-order valence-electron chi connectivity index (χ1n) is 13.0. The SMILES string of the molecule is CC(C)Nc1nc2c(nc1N1CCC(Oc3ccc(F)cc3F)CC1)CCN(CN1CCOCC1)C2. The van der Waals surface area contributed by atoms with Crippen LogP contribution in [0, 0.1) is 11.6 Å². The number of morpholine rings is 1. The van der Waals surface area contributed by atoms with E-state index in [4.69, 9.17) is 19.4 Å². The minimum Gasteiger partial charge on any atom is -0.487 e. The van der Waals surface area contributed by atoms with Crippen LogP contribution in [0.15, 0.2) is 18.2 Å². The fourth-order valence-electron chi connectivity index (χ4n) is 5.05. The summed E-state index contributed by atoms with van der Waals surface area (Å²) >= 11 is 0. The Morgan fingerprint density at radius 2 is 1.81 bits per heavy atom. The van der Waals surface area contributed by atoms with Crippen LogP contribution in [-0.2, 0) is 17.7 Å². The molecule has 0 spiro atoms. The standard InChI is InChI=1S/C26H36F2N6O2/c1-18(2)29-25-26(34-9-5-20(6-10-34)36-24-4-3-19(27)15-21(24)28)31-22-7-8-33(16-23(22)30-25)17-32-11-13-35-14-12-32/h3-4,15,18,20H,5-14,16-17H2,1-2H3,(H,29,30). The van der Waals surface area contributed by atoms with E-state index in [0.29, 0.717) is 0 Å². The number of rotatable bonds is 7. The molecule has 0 atom stereocenters. The number of ether oxygens (including phenoxy) is 2. The second kappa shape index (κ2) is 11.2. The number of hydrogen-bond donors (Lipinski definition) is 1. The number of nitrogens with one attached hydrogen (secondary N) is 1. The Balaban J connectivity index is 1.26. The molecule has 10 heteroatoms. The Labute approximate surface area is 211 Å².